The molecule has 4 rings (SSSR count). The van der Waals surface area contributed by atoms with Crippen LogP contribution in [0.4, 0.5) is 0 Å². The molecule has 0 unspecified atom stereocenters. The van der Waals surface area contributed by atoms with Gasteiger partial charge in [-0.3, -0.25) is 4.79 Å². The lowest BCUT2D eigenvalue weighted by atomic mass is 9.84. The van der Waals surface area contributed by atoms with Crippen LogP contribution in [-0.4, -0.2) is 17.4 Å². The van der Waals surface area contributed by atoms with Gasteiger partial charge in [0, 0.05) is 6.54 Å². The lowest BCUT2D eigenvalue weighted by Crippen LogP contribution is -2.25. The summed E-state index contributed by atoms with van der Waals surface area (Å²) in [6.45, 7) is 0.309. The van der Waals surface area contributed by atoms with E-state index < -0.39 is 4.75 Å². The maximum absolute atomic E-state index is 12.5. The first-order valence-electron chi connectivity index (χ1n) is 10.9. The zero-order chi connectivity index (χ0) is 23.6. The lowest BCUT2D eigenvalue weighted by molar-refractivity contribution is 0.0950. The summed E-state index contributed by atoms with van der Waals surface area (Å²) in [5.74, 6) is -0.262. The highest BCUT2D eigenvalue weighted by atomic mass is 32.2. The van der Waals surface area contributed by atoms with Crippen LogP contribution < -0.4 is 5.32 Å². The molecular formula is C28H23N3OS2. The predicted octanol–water partition coefficient (Wildman–Crippen LogP) is 6.48. The zero-order valence-electron chi connectivity index (χ0n) is 18.4. The van der Waals surface area contributed by atoms with Crippen molar-refractivity contribution < 1.29 is 4.79 Å². The third-order valence-corrected chi connectivity index (χ3v) is 7.46. The van der Waals surface area contributed by atoms with Gasteiger partial charge in [0.25, 0.3) is 5.91 Å². The molecule has 0 fully saturated rings. The Morgan fingerprint density at radius 1 is 0.941 bits per heavy atom. The number of nitriles is 1. The number of benzene rings is 3. The SMILES string of the molecule is N#CCCNC(=O)c1ncsc1/C=C\SC(c1ccccc1)(c1ccccc1)c1ccccc1. The first-order chi connectivity index (χ1) is 16.8. The van der Waals surface area contributed by atoms with Gasteiger partial charge >= 0.3 is 0 Å². The minimum absolute atomic E-state index is 0.262. The van der Waals surface area contributed by atoms with Gasteiger partial charge in [0.2, 0.25) is 0 Å². The van der Waals surface area contributed by atoms with Crippen molar-refractivity contribution in [2.45, 2.75) is 11.2 Å². The molecule has 3 aromatic carbocycles. The van der Waals surface area contributed by atoms with Gasteiger partial charge in [0.15, 0.2) is 0 Å². The smallest absolute Gasteiger partial charge is 0.271 e. The van der Waals surface area contributed by atoms with Crippen LogP contribution in [0.3, 0.4) is 0 Å². The number of thiazole rings is 1. The molecule has 0 spiro atoms. The molecule has 1 heterocycles. The van der Waals surface area contributed by atoms with Crippen molar-refractivity contribution >= 4 is 35.1 Å². The molecule has 4 aromatic rings. The summed E-state index contributed by atoms with van der Waals surface area (Å²) in [4.78, 5) is 17.5. The second-order valence-corrected chi connectivity index (χ2v) is 9.44. The highest BCUT2D eigenvalue weighted by Crippen LogP contribution is 2.49. The molecule has 1 aromatic heterocycles. The number of thioether (sulfide) groups is 1. The molecule has 0 bridgehead atoms. The average Bonchev–Trinajstić information content (AvgIpc) is 3.37. The standard InChI is InChI=1S/C28H23N3OS2/c29-18-10-19-30-27(32)26-25(33-21-31-26)17-20-34-28(22-11-4-1-5-12-22,23-13-6-2-7-14-23)24-15-8-3-9-16-24/h1-9,11-17,20-21H,10,19H2,(H,30,32)/b20-17-. The maximum atomic E-state index is 12.5. The Kier molecular flexibility index (Phi) is 7.92. The Labute approximate surface area is 208 Å². The third-order valence-electron chi connectivity index (χ3n) is 5.34. The van der Waals surface area contributed by atoms with Gasteiger partial charge in [-0.2, -0.15) is 5.26 Å². The molecular weight excluding hydrogens is 458 g/mol. The largest absolute Gasteiger partial charge is 0.350 e. The highest BCUT2D eigenvalue weighted by molar-refractivity contribution is 8.03. The fourth-order valence-corrected chi connectivity index (χ4v) is 5.77. The zero-order valence-corrected chi connectivity index (χ0v) is 20.1. The summed E-state index contributed by atoms with van der Waals surface area (Å²) < 4.78 is -0.472. The molecule has 6 heteroatoms. The van der Waals surface area contributed by atoms with E-state index >= 15 is 0 Å². The molecule has 0 saturated heterocycles. The first-order valence-corrected chi connectivity index (χ1v) is 12.6. The van der Waals surface area contributed by atoms with Crippen LogP contribution in [0.2, 0.25) is 0 Å². The number of hydrogen-bond acceptors (Lipinski definition) is 5. The van der Waals surface area contributed by atoms with Crippen molar-refractivity contribution in [3.63, 3.8) is 0 Å². The van der Waals surface area contributed by atoms with Crippen molar-refractivity contribution in [3.05, 3.63) is 129 Å². The Hall–Kier alpha value is -3.66. The summed E-state index contributed by atoms with van der Waals surface area (Å²) in [5, 5.41) is 13.5. The van der Waals surface area contributed by atoms with Crippen LogP contribution in [-0.2, 0) is 4.75 Å². The Morgan fingerprint density at radius 3 is 1.97 bits per heavy atom. The molecule has 0 aliphatic rings. The minimum atomic E-state index is -0.472. The van der Waals surface area contributed by atoms with Crippen molar-refractivity contribution in [3.8, 4) is 6.07 Å². The van der Waals surface area contributed by atoms with Crippen molar-refractivity contribution in [1.29, 1.82) is 5.26 Å². The summed E-state index contributed by atoms with van der Waals surface area (Å²) >= 11 is 3.11. The van der Waals surface area contributed by atoms with E-state index in [9.17, 15) is 4.79 Å². The second kappa shape index (κ2) is 11.5. The van der Waals surface area contributed by atoms with E-state index in [4.69, 9.17) is 5.26 Å². The maximum Gasteiger partial charge on any atom is 0.271 e. The number of hydrogen-bond donors (Lipinski definition) is 1. The van der Waals surface area contributed by atoms with Gasteiger partial charge in [-0.05, 0) is 28.2 Å². The van der Waals surface area contributed by atoms with E-state index in [0.29, 0.717) is 12.2 Å². The fourth-order valence-electron chi connectivity index (χ4n) is 3.78. The number of nitrogens with zero attached hydrogens (tertiary/aromatic N) is 2. The summed E-state index contributed by atoms with van der Waals surface area (Å²) in [6.07, 6.45) is 2.22. The molecule has 4 nitrogen and oxygen atoms in total. The van der Waals surface area contributed by atoms with Crippen LogP contribution in [0.15, 0.2) is 102 Å². The topological polar surface area (TPSA) is 65.8 Å². The average molecular weight is 482 g/mol. The monoisotopic (exact) mass is 481 g/mol. The quantitative estimate of drug-likeness (QED) is 0.219. The van der Waals surface area contributed by atoms with Crippen LogP contribution >= 0.6 is 23.1 Å². The van der Waals surface area contributed by atoms with Crippen LogP contribution in [0.25, 0.3) is 6.08 Å². The molecule has 1 N–H and O–H groups in total. The van der Waals surface area contributed by atoms with Gasteiger partial charge < -0.3 is 5.32 Å². The number of nitrogens with one attached hydrogen (secondary N) is 1. The second-order valence-electron chi connectivity index (χ2n) is 7.43. The summed E-state index contributed by atoms with van der Waals surface area (Å²) in [6, 6.07) is 33.4. The van der Waals surface area contributed by atoms with Crippen LogP contribution in [0, 0.1) is 11.3 Å². The Bertz CT molecular complexity index is 1180. The first kappa shape index (κ1) is 23.5. The highest BCUT2D eigenvalue weighted by Gasteiger charge is 2.36. The van der Waals surface area contributed by atoms with Gasteiger partial charge in [-0.1, -0.05) is 91.0 Å². The third kappa shape index (κ3) is 5.12. The fraction of sp³-hybridized carbons (Fsp3) is 0.107. The number of carbonyl (C=O) groups is 1. The lowest BCUT2D eigenvalue weighted by Gasteiger charge is -2.34. The summed E-state index contributed by atoms with van der Waals surface area (Å²) in [5.41, 5.74) is 5.55. The molecule has 0 saturated carbocycles. The molecule has 0 aliphatic carbocycles. The van der Waals surface area contributed by atoms with E-state index in [1.54, 1.807) is 17.3 Å². The minimum Gasteiger partial charge on any atom is -0.350 e. The number of rotatable bonds is 9. The van der Waals surface area contributed by atoms with Crippen LogP contribution in [0.1, 0.15) is 38.5 Å². The molecule has 0 atom stereocenters. The van der Waals surface area contributed by atoms with Gasteiger partial charge in [0.05, 0.1) is 27.6 Å². The van der Waals surface area contributed by atoms with E-state index in [0.717, 1.165) is 4.88 Å². The predicted molar refractivity (Wildman–Crippen MR) is 141 cm³/mol. The number of aromatic nitrogens is 1. The number of amides is 1. The molecule has 1 amide bonds. The van der Waals surface area contributed by atoms with Gasteiger partial charge in [-0.15, -0.1) is 23.1 Å². The van der Waals surface area contributed by atoms with Crippen molar-refractivity contribution in [2.24, 2.45) is 0 Å². The summed E-state index contributed by atoms with van der Waals surface area (Å²) in [7, 11) is 0. The van der Waals surface area contributed by atoms with Gasteiger partial charge in [-0.25, -0.2) is 4.98 Å². The van der Waals surface area contributed by atoms with E-state index in [1.807, 2.05) is 35.8 Å². The molecule has 34 heavy (non-hydrogen) atoms. The Balaban J connectivity index is 1.73. The molecule has 168 valence electrons. The van der Waals surface area contributed by atoms with Gasteiger partial charge in [0.1, 0.15) is 5.69 Å². The van der Waals surface area contributed by atoms with Crippen molar-refractivity contribution in [2.75, 3.05) is 6.54 Å². The van der Waals surface area contributed by atoms with E-state index in [1.165, 1.54) is 28.0 Å². The van der Waals surface area contributed by atoms with Crippen LogP contribution in [0.5, 0.6) is 0 Å². The number of carbonyl (C=O) groups excluding carboxylic acids is 1. The van der Waals surface area contributed by atoms with Crippen molar-refractivity contribution in [1.82, 2.24) is 10.3 Å². The molecule has 0 aliphatic heterocycles. The Morgan fingerprint density at radius 2 is 1.47 bits per heavy atom. The normalized spacial score (nSPS) is 11.3. The van der Waals surface area contributed by atoms with E-state index in [2.05, 4.69) is 83.1 Å². The molecule has 0 radical (unpaired) electrons. The van der Waals surface area contributed by atoms with E-state index in [-0.39, 0.29) is 12.3 Å².